The van der Waals surface area contributed by atoms with E-state index >= 15 is 0 Å². The Labute approximate surface area is 96.5 Å². The summed E-state index contributed by atoms with van der Waals surface area (Å²) in [5.41, 5.74) is 1.56. The molecule has 0 bridgehead atoms. The molecule has 2 atom stereocenters. The molecule has 82 valence electrons. The smallest absolute Gasteiger partial charge is 0.127 e. The summed E-state index contributed by atoms with van der Waals surface area (Å²) in [6.07, 6.45) is 3.65. The molecule has 1 aromatic carbocycles. The maximum Gasteiger partial charge on any atom is 0.127 e. The van der Waals surface area contributed by atoms with E-state index in [9.17, 15) is 4.79 Å². The van der Waals surface area contributed by atoms with E-state index in [2.05, 4.69) is 25.3 Å². The van der Waals surface area contributed by atoms with Gasteiger partial charge in [0, 0.05) is 10.8 Å². The predicted molar refractivity (Wildman–Crippen MR) is 66.2 cm³/mol. The van der Waals surface area contributed by atoms with E-state index in [0.717, 1.165) is 23.8 Å². The SMILES string of the molecule is C=CC(=C)C1(c2ccccc2)CC1(C)C=O. The molecule has 0 radical (unpaired) electrons. The molecule has 0 heterocycles. The Kier molecular flexibility index (Phi) is 2.34. The fourth-order valence-electron chi connectivity index (χ4n) is 2.64. The van der Waals surface area contributed by atoms with Crippen LogP contribution in [0.3, 0.4) is 0 Å². The molecule has 0 saturated heterocycles. The molecule has 2 rings (SSSR count). The molecule has 2 unspecified atom stereocenters. The zero-order valence-corrected chi connectivity index (χ0v) is 9.57. The summed E-state index contributed by atoms with van der Waals surface area (Å²) in [6.45, 7) is 9.81. The molecule has 1 aliphatic carbocycles. The lowest BCUT2D eigenvalue weighted by Crippen LogP contribution is -2.18. The Morgan fingerprint density at radius 2 is 2.00 bits per heavy atom. The Morgan fingerprint density at radius 1 is 1.38 bits per heavy atom. The predicted octanol–water partition coefficient (Wildman–Crippen LogP) is 3.28. The minimum absolute atomic E-state index is 0.224. The minimum Gasteiger partial charge on any atom is -0.303 e. The molecule has 0 N–H and O–H groups in total. The van der Waals surface area contributed by atoms with Gasteiger partial charge >= 0.3 is 0 Å². The van der Waals surface area contributed by atoms with E-state index in [-0.39, 0.29) is 10.8 Å². The highest BCUT2D eigenvalue weighted by Gasteiger charge is 2.66. The molecule has 1 aromatic rings. The molecule has 1 heteroatoms. The van der Waals surface area contributed by atoms with Crippen molar-refractivity contribution >= 4 is 6.29 Å². The molecular formula is C15H16O. The molecule has 0 aliphatic heterocycles. The third kappa shape index (κ3) is 1.21. The van der Waals surface area contributed by atoms with E-state index in [1.165, 1.54) is 0 Å². The van der Waals surface area contributed by atoms with Crippen LogP contribution in [-0.4, -0.2) is 6.29 Å². The Bertz CT molecular complexity index is 446. The summed E-state index contributed by atoms with van der Waals surface area (Å²) in [5, 5.41) is 0. The second kappa shape index (κ2) is 3.44. The van der Waals surface area contributed by atoms with E-state index in [0.29, 0.717) is 0 Å². The number of carbonyl (C=O) groups is 1. The summed E-state index contributed by atoms with van der Waals surface area (Å²) in [7, 11) is 0. The van der Waals surface area contributed by atoms with Gasteiger partial charge in [-0.25, -0.2) is 0 Å². The largest absolute Gasteiger partial charge is 0.303 e. The maximum absolute atomic E-state index is 11.2. The average Bonchev–Trinajstić information content (AvgIpc) is 2.98. The summed E-state index contributed by atoms with van der Waals surface area (Å²) in [5.74, 6) is 0. The summed E-state index contributed by atoms with van der Waals surface area (Å²) in [4.78, 5) is 11.2. The third-order valence-electron chi connectivity index (χ3n) is 3.80. The summed E-state index contributed by atoms with van der Waals surface area (Å²) in [6, 6.07) is 10.1. The highest BCUT2D eigenvalue weighted by molar-refractivity contribution is 5.74. The van der Waals surface area contributed by atoms with Crippen molar-refractivity contribution in [2.75, 3.05) is 0 Å². The topological polar surface area (TPSA) is 17.1 Å². The van der Waals surface area contributed by atoms with Crippen molar-refractivity contribution in [3.8, 4) is 0 Å². The third-order valence-corrected chi connectivity index (χ3v) is 3.80. The van der Waals surface area contributed by atoms with Crippen molar-refractivity contribution in [3.05, 3.63) is 60.7 Å². The van der Waals surface area contributed by atoms with Gasteiger partial charge in [-0.1, -0.05) is 56.5 Å². The lowest BCUT2D eigenvalue weighted by molar-refractivity contribution is -0.112. The molecule has 0 amide bonds. The molecule has 1 fully saturated rings. The van der Waals surface area contributed by atoms with E-state index < -0.39 is 0 Å². The molecule has 1 saturated carbocycles. The number of aldehydes is 1. The highest BCUT2D eigenvalue weighted by atomic mass is 16.1. The zero-order chi connectivity index (χ0) is 11.8. The van der Waals surface area contributed by atoms with Crippen LogP contribution in [0.4, 0.5) is 0 Å². The van der Waals surface area contributed by atoms with Gasteiger partial charge in [0.2, 0.25) is 0 Å². The van der Waals surface area contributed by atoms with Gasteiger partial charge in [0.1, 0.15) is 6.29 Å². The van der Waals surface area contributed by atoms with Gasteiger partial charge in [-0.15, -0.1) is 0 Å². The summed E-state index contributed by atoms with van der Waals surface area (Å²) < 4.78 is 0. The van der Waals surface area contributed by atoms with E-state index in [1.54, 1.807) is 6.08 Å². The van der Waals surface area contributed by atoms with Crippen molar-refractivity contribution in [2.24, 2.45) is 5.41 Å². The molecule has 0 aromatic heterocycles. The van der Waals surface area contributed by atoms with Gasteiger partial charge in [0.25, 0.3) is 0 Å². The number of hydrogen-bond donors (Lipinski definition) is 0. The average molecular weight is 212 g/mol. The van der Waals surface area contributed by atoms with Gasteiger partial charge in [-0.3, -0.25) is 0 Å². The van der Waals surface area contributed by atoms with Crippen molar-refractivity contribution in [2.45, 2.75) is 18.8 Å². The molecule has 1 nitrogen and oxygen atoms in total. The van der Waals surface area contributed by atoms with Crippen LogP contribution in [0.15, 0.2) is 55.1 Å². The van der Waals surface area contributed by atoms with Gasteiger partial charge in [-0.05, 0) is 17.6 Å². The Hall–Kier alpha value is -1.63. The normalized spacial score (nSPS) is 31.8. The number of allylic oxidation sites excluding steroid dienone is 2. The lowest BCUT2D eigenvalue weighted by atomic mass is 9.82. The molecule has 1 aliphatic rings. The van der Waals surface area contributed by atoms with E-state index in [1.807, 2.05) is 25.1 Å². The van der Waals surface area contributed by atoms with Crippen molar-refractivity contribution in [3.63, 3.8) is 0 Å². The van der Waals surface area contributed by atoms with Crippen LogP contribution in [0.1, 0.15) is 18.9 Å². The van der Waals surface area contributed by atoms with Gasteiger partial charge in [0.15, 0.2) is 0 Å². The van der Waals surface area contributed by atoms with Crippen LogP contribution in [-0.2, 0) is 10.2 Å². The van der Waals surface area contributed by atoms with Crippen molar-refractivity contribution < 1.29 is 4.79 Å². The number of benzene rings is 1. The van der Waals surface area contributed by atoms with Crippen LogP contribution >= 0.6 is 0 Å². The van der Waals surface area contributed by atoms with Crippen molar-refractivity contribution in [1.29, 1.82) is 0 Å². The monoisotopic (exact) mass is 212 g/mol. The molecule has 16 heavy (non-hydrogen) atoms. The fourth-order valence-corrected chi connectivity index (χ4v) is 2.64. The van der Waals surface area contributed by atoms with Crippen molar-refractivity contribution in [1.82, 2.24) is 0 Å². The number of carbonyl (C=O) groups excluding carboxylic acids is 1. The van der Waals surface area contributed by atoms with Gasteiger partial charge in [0.05, 0.1) is 0 Å². The minimum atomic E-state index is -0.320. The van der Waals surface area contributed by atoms with Gasteiger partial charge < -0.3 is 4.79 Å². The van der Waals surface area contributed by atoms with Crippen LogP contribution < -0.4 is 0 Å². The first-order chi connectivity index (χ1) is 7.60. The van der Waals surface area contributed by atoms with Crippen LogP contribution in [0, 0.1) is 5.41 Å². The second-order valence-corrected chi connectivity index (χ2v) is 4.71. The maximum atomic E-state index is 11.2. The highest BCUT2D eigenvalue weighted by Crippen LogP contribution is 2.67. The van der Waals surface area contributed by atoms with E-state index in [4.69, 9.17) is 0 Å². The first-order valence-corrected chi connectivity index (χ1v) is 5.44. The first-order valence-electron chi connectivity index (χ1n) is 5.44. The van der Waals surface area contributed by atoms with Gasteiger partial charge in [-0.2, -0.15) is 0 Å². The molecule has 0 spiro atoms. The summed E-state index contributed by atoms with van der Waals surface area (Å²) >= 11 is 0. The Morgan fingerprint density at radius 3 is 2.44 bits per heavy atom. The van der Waals surface area contributed by atoms with Crippen LogP contribution in [0.5, 0.6) is 0 Å². The standard InChI is InChI=1S/C15H16O/c1-4-12(2)15(10-14(15,3)11-16)13-8-6-5-7-9-13/h4-9,11H,1-2,10H2,3H3. The number of rotatable bonds is 4. The molecular weight excluding hydrogens is 196 g/mol. The fraction of sp³-hybridized carbons (Fsp3) is 0.267. The van der Waals surface area contributed by atoms with Crippen LogP contribution in [0.2, 0.25) is 0 Å². The first kappa shape index (κ1) is 10.9. The second-order valence-electron chi connectivity index (χ2n) is 4.71. The zero-order valence-electron chi connectivity index (χ0n) is 9.57. The van der Waals surface area contributed by atoms with Crippen LogP contribution in [0.25, 0.3) is 0 Å². The Balaban J connectivity index is 2.52. The quantitative estimate of drug-likeness (QED) is 0.553. The number of hydrogen-bond acceptors (Lipinski definition) is 1. The lowest BCUT2D eigenvalue weighted by Gasteiger charge is -2.21.